The Hall–Kier alpha value is -2.41. The Labute approximate surface area is 178 Å². The van der Waals surface area contributed by atoms with Crippen molar-refractivity contribution in [2.45, 2.75) is 57.7 Å². The first kappa shape index (κ1) is 22.3. The molecule has 3 saturated heterocycles. The van der Waals surface area contributed by atoms with E-state index in [4.69, 9.17) is 9.90 Å². The molecule has 0 saturated carbocycles. The third kappa shape index (κ3) is 5.39. The average molecular weight is 416 g/mol. The van der Waals surface area contributed by atoms with Gasteiger partial charge in [-0.3, -0.25) is 19.3 Å². The highest BCUT2D eigenvalue weighted by molar-refractivity contribution is 5.89. The fraction of sp³-hybridized carbons (Fsp3) is 0.609. The van der Waals surface area contributed by atoms with Crippen LogP contribution in [-0.2, 0) is 20.9 Å². The molecule has 7 heteroatoms. The van der Waals surface area contributed by atoms with Gasteiger partial charge in [-0.1, -0.05) is 30.3 Å². The molecular formula is C23H33N3O4. The summed E-state index contributed by atoms with van der Waals surface area (Å²) in [6.45, 7) is 6.36. The van der Waals surface area contributed by atoms with Crippen molar-refractivity contribution in [2.24, 2.45) is 5.92 Å². The molecule has 0 radical (unpaired) electrons. The summed E-state index contributed by atoms with van der Waals surface area (Å²) in [5, 5.41) is 6.89. The lowest BCUT2D eigenvalue weighted by Gasteiger charge is -2.42. The second-order valence-electron chi connectivity index (χ2n) is 8.56. The zero-order chi connectivity index (χ0) is 21.5. The zero-order valence-corrected chi connectivity index (χ0v) is 17.8. The van der Waals surface area contributed by atoms with Crippen LogP contribution >= 0.6 is 0 Å². The fourth-order valence-electron chi connectivity index (χ4n) is 4.95. The standard InChI is InChI=1S/C22H31N3O2.CH2O2/c1-17-22(27)24-11-5-8-20(24)16-25(17)21(26)14-18-9-12-23(13-10-18)15-19-6-3-2-4-7-19;2-1-3/h2-4,6-7,17-18,20H,5,8-16H2,1H3;1H,(H,2,3)/t17-,20+;/m0./s1. The SMILES string of the molecule is C[C@H]1C(=O)N2CCC[C@@H]2CN1C(=O)CC1CCN(Cc2ccccc2)CC1.O=CO. The van der Waals surface area contributed by atoms with E-state index in [-0.39, 0.29) is 30.4 Å². The van der Waals surface area contributed by atoms with E-state index in [0.29, 0.717) is 12.3 Å². The summed E-state index contributed by atoms with van der Waals surface area (Å²) in [5.41, 5.74) is 1.36. The first-order valence-electron chi connectivity index (χ1n) is 11.0. The van der Waals surface area contributed by atoms with Crippen LogP contribution in [0.5, 0.6) is 0 Å². The van der Waals surface area contributed by atoms with Gasteiger partial charge in [0.25, 0.3) is 6.47 Å². The van der Waals surface area contributed by atoms with Crippen molar-refractivity contribution < 1.29 is 19.5 Å². The molecular weight excluding hydrogens is 382 g/mol. The van der Waals surface area contributed by atoms with Crippen LogP contribution in [-0.4, -0.2) is 76.4 Å². The number of carbonyl (C=O) groups excluding carboxylic acids is 2. The number of amides is 2. The number of hydrogen-bond donors (Lipinski definition) is 1. The number of hydrogen-bond acceptors (Lipinski definition) is 4. The summed E-state index contributed by atoms with van der Waals surface area (Å²) in [6, 6.07) is 10.6. The van der Waals surface area contributed by atoms with Crippen LogP contribution in [0.4, 0.5) is 0 Å². The first-order chi connectivity index (χ1) is 14.5. The summed E-state index contributed by atoms with van der Waals surface area (Å²) >= 11 is 0. The number of piperazine rings is 1. The second kappa shape index (κ2) is 10.6. The van der Waals surface area contributed by atoms with Crippen LogP contribution < -0.4 is 0 Å². The summed E-state index contributed by atoms with van der Waals surface area (Å²) in [6.07, 6.45) is 4.86. The van der Waals surface area contributed by atoms with Gasteiger partial charge in [0, 0.05) is 32.1 Å². The Morgan fingerprint density at radius 1 is 1.13 bits per heavy atom. The van der Waals surface area contributed by atoms with Crippen LogP contribution in [0, 0.1) is 5.92 Å². The number of nitrogens with zero attached hydrogens (tertiary/aromatic N) is 3. The Morgan fingerprint density at radius 3 is 2.47 bits per heavy atom. The van der Waals surface area contributed by atoms with Gasteiger partial charge in [0.2, 0.25) is 11.8 Å². The van der Waals surface area contributed by atoms with Crippen LogP contribution in [0.2, 0.25) is 0 Å². The highest BCUT2D eigenvalue weighted by Gasteiger charge is 2.42. The predicted molar refractivity (Wildman–Crippen MR) is 114 cm³/mol. The molecule has 3 fully saturated rings. The molecule has 0 spiro atoms. The molecule has 2 atom stereocenters. The molecule has 3 aliphatic rings. The van der Waals surface area contributed by atoms with E-state index >= 15 is 0 Å². The van der Waals surface area contributed by atoms with E-state index in [0.717, 1.165) is 58.4 Å². The Morgan fingerprint density at radius 2 is 1.80 bits per heavy atom. The molecule has 0 aromatic heterocycles. The van der Waals surface area contributed by atoms with Gasteiger partial charge >= 0.3 is 0 Å². The fourth-order valence-corrected chi connectivity index (χ4v) is 4.95. The maximum atomic E-state index is 12.9. The summed E-state index contributed by atoms with van der Waals surface area (Å²) in [7, 11) is 0. The molecule has 7 nitrogen and oxygen atoms in total. The van der Waals surface area contributed by atoms with E-state index in [9.17, 15) is 9.59 Å². The molecule has 1 aromatic rings. The minimum absolute atomic E-state index is 0.148. The third-order valence-corrected chi connectivity index (χ3v) is 6.63. The van der Waals surface area contributed by atoms with E-state index in [1.807, 2.05) is 16.7 Å². The second-order valence-corrected chi connectivity index (χ2v) is 8.56. The van der Waals surface area contributed by atoms with E-state index in [1.54, 1.807) is 0 Å². The molecule has 30 heavy (non-hydrogen) atoms. The smallest absolute Gasteiger partial charge is 0.290 e. The first-order valence-corrected chi connectivity index (χ1v) is 11.0. The number of benzene rings is 1. The molecule has 0 aliphatic carbocycles. The molecule has 2 amide bonds. The molecule has 4 rings (SSSR count). The van der Waals surface area contributed by atoms with Gasteiger partial charge in [0.15, 0.2) is 0 Å². The van der Waals surface area contributed by atoms with Crippen molar-refractivity contribution >= 4 is 18.3 Å². The van der Waals surface area contributed by atoms with Gasteiger partial charge < -0.3 is 14.9 Å². The van der Waals surface area contributed by atoms with Crippen molar-refractivity contribution in [2.75, 3.05) is 26.2 Å². The Balaban J connectivity index is 0.000000806. The van der Waals surface area contributed by atoms with Crippen LogP contribution in [0.25, 0.3) is 0 Å². The molecule has 0 unspecified atom stereocenters. The maximum Gasteiger partial charge on any atom is 0.290 e. The number of carboxylic acid groups (broad SMARTS) is 1. The molecule has 1 aromatic carbocycles. The van der Waals surface area contributed by atoms with E-state index in [1.165, 1.54) is 5.56 Å². The van der Waals surface area contributed by atoms with Crippen molar-refractivity contribution in [1.29, 1.82) is 0 Å². The third-order valence-electron chi connectivity index (χ3n) is 6.63. The lowest BCUT2D eigenvalue weighted by Crippen LogP contribution is -2.60. The lowest BCUT2D eigenvalue weighted by molar-refractivity contribution is -0.153. The Bertz CT molecular complexity index is 718. The van der Waals surface area contributed by atoms with Crippen molar-refractivity contribution in [1.82, 2.24) is 14.7 Å². The van der Waals surface area contributed by atoms with Crippen molar-refractivity contribution in [3.63, 3.8) is 0 Å². The van der Waals surface area contributed by atoms with Gasteiger partial charge in [-0.15, -0.1) is 0 Å². The summed E-state index contributed by atoms with van der Waals surface area (Å²) in [5.74, 6) is 0.784. The number of carbonyl (C=O) groups is 3. The van der Waals surface area contributed by atoms with Gasteiger partial charge in [-0.25, -0.2) is 0 Å². The highest BCUT2D eigenvalue weighted by atomic mass is 16.3. The molecule has 3 aliphatic heterocycles. The van der Waals surface area contributed by atoms with Crippen LogP contribution in [0.1, 0.15) is 44.6 Å². The van der Waals surface area contributed by atoms with E-state index in [2.05, 4.69) is 35.2 Å². The van der Waals surface area contributed by atoms with Gasteiger partial charge in [0.05, 0.1) is 0 Å². The topological polar surface area (TPSA) is 81.2 Å². The summed E-state index contributed by atoms with van der Waals surface area (Å²) in [4.78, 5) is 40.2. The molecule has 0 bridgehead atoms. The van der Waals surface area contributed by atoms with Gasteiger partial charge in [0.1, 0.15) is 6.04 Å². The number of likely N-dealkylation sites (tertiary alicyclic amines) is 1. The number of piperidine rings is 1. The number of fused-ring (bicyclic) bond motifs is 1. The zero-order valence-electron chi connectivity index (χ0n) is 17.8. The molecule has 1 N–H and O–H groups in total. The minimum Gasteiger partial charge on any atom is -0.483 e. The van der Waals surface area contributed by atoms with E-state index < -0.39 is 0 Å². The minimum atomic E-state index is -0.287. The van der Waals surface area contributed by atoms with Gasteiger partial charge in [-0.2, -0.15) is 0 Å². The average Bonchev–Trinajstić information content (AvgIpc) is 3.22. The van der Waals surface area contributed by atoms with Crippen molar-refractivity contribution in [3.05, 3.63) is 35.9 Å². The highest BCUT2D eigenvalue weighted by Crippen LogP contribution is 2.28. The normalized spacial score (nSPS) is 24.8. The lowest BCUT2D eigenvalue weighted by atomic mass is 9.92. The summed E-state index contributed by atoms with van der Waals surface area (Å²) < 4.78 is 0. The molecule has 164 valence electrons. The van der Waals surface area contributed by atoms with Crippen molar-refractivity contribution in [3.8, 4) is 0 Å². The largest absolute Gasteiger partial charge is 0.483 e. The van der Waals surface area contributed by atoms with Gasteiger partial charge in [-0.05, 0) is 57.2 Å². The number of rotatable bonds is 4. The Kier molecular flexibility index (Phi) is 7.85. The quantitative estimate of drug-likeness (QED) is 0.763. The predicted octanol–water partition coefficient (Wildman–Crippen LogP) is 2.21. The van der Waals surface area contributed by atoms with Crippen LogP contribution in [0.3, 0.4) is 0 Å². The maximum absolute atomic E-state index is 12.9. The van der Waals surface area contributed by atoms with Crippen LogP contribution in [0.15, 0.2) is 30.3 Å². The molecule has 3 heterocycles. The monoisotopic (exact) mass is 415 g/mol.